The van der Waals surface area contributed by atoms with Crippen LogP contribution in [0.2, 0.25) is 0 Å². The average molecular weight is 226 g/mol. The van der Waals surface area contributed by atoms with Gasteiger partial charge in [-0.3, -0.25) is 9.78 Å². The highest BCUT2D eigenvalue weighted by Gasteiger charge is 2.25. The molecule has 0 aliphatic rings. The molecule has 0 saturated heterocycles. The van der Waals surface area contributed by atoms with Crippen LogP contribution in [0.3, 0.4) is 0 Å². The Hall–Kier alpha value is -0.630. The maximum atomic E-state index is 11.9. The van der Waals surface area contributed by atoms with Gasteiger partial charge in [-0.2, -0.15) is 4.39 Å². The minimum absolute atomic E-state index is 0.377. The number of hydrogen-bond acceptors (Lipinski definition) is 4. The van der Waals surface area contributed by atoms with Crippen LogP contribution in [0.1, 0.15) is 0 Å². The average Bonchev–Trinajstić information content (AvgIpc) is 2.00. The van der Waals surface area contributed by atoms with Crippen molar-refractivity contribution in [3.63, 3.8) is 0 Å². The molecule has 0 fully saturated rings. The summed E-state index contributed by atoms with van der Waals surface area (Å²) in [5.74, 6) is 0. The van der Waals surface area contributed by atoms with Gasteiger partial charge in [0.1, 0.15) is 0 Å². The molecular formula is C3H3F4O5P. The molecular weight excluding hydrogens is 223 g/mol. The molecule has 0 radical (unpaired) electrons. The van der Waals surface area contributed by atoms with E-state index in [-0.39, 0.29) is 6.08 Å². The molecule has 0 spiro atoms. The summed E-state index contributed by atoms with van der Waals surface area (Å²) in [7, 11) is -5.19. The lowest BCUT2D eigenvalue weighted by Crippen LogP contribution is -1.93. The van der Waals surface area contributed by atoms with Crippen LogP contribution in [-0.4, -0.2) is 11.3 Å². The smallest absolute Gasteiger partial charge is 0.299 e. The maximum absolute atomic E-state index is 11.9. The fourth-order valence-corrected chi connectivity index (χ4v) is 0.409. The first-order valence-electron chi connectivity index (χ1n) is 2.52. The van der Waals surface area contributed by atoms with E-state index in [1.54, 1.807) is 0 Å². The van der Waals surface area contributed by atoms with Crippen LogP contribution >= 0.6 is 7.82 Å². The molecule has 0 aliphatic carbocycles. The van der Waals surface area contributed by atoms with Gasteiger partial charge in [-0.25, -0.2) is 13.3 Å². The van der Waals surface area contributed by atoms with E-state index in [1.807, 2.05) is 0 Å². The molecule has 0 aromatic heterocycles. The van der Waals surface area contributed by atoms with Gasteiger partial charge in [0.2, 0.25) is 0 Å². The Morgan fingerprint density at radius 2 is 2.08 bits per heavy atom. The molecule has 10 heteroatoms. The Morgan fingerprint density at radius 1 is 1.54 bits per heavy atom. The van der Waals surface area contributed by atoms with Crippen molar-refractivity contribution in [2.24, 2.45) is 0 Å². The van der Waals surface area contributed by atoms with E-state index in [4.69, 9.17) is 4.89 Å². The van der Waals surface area contributed by atoms with Crippen molar-refractivity contribution in [3.05, 3.63) is 12.1 Å². The summed E-state index contributed by atoms with van der Waals surface area (Å²) in [6, 6.07) is -2.00. The zero-order valence-electron chi connectivity index (χ0n) is 5.69. The fraction of sp³-hybridized carbons (Fsp3) is 0.333. The van der Waals surface area contributed by atoms with Crippen molar-refractivity contribution in [2.75, 3.05) is 0 Å². The zero-order chi connectivity index (χ0) is 10.5. The first-order valence-corrected chi connectivity index (χ1v) is 4.02. The SMILES string of the molecule is O=P(O)(OF)OOC(F)=CC(F)F. The monoisotopic (exact) mass is 226 g/mol. The van der Waals surface area contributed by atoms with Crippen molar-refractivity contribution < 1.29 is 41.4 Å². The number of phosphoric acid groups is 1. The number of allylic oxidation sites excluding steroid dienone is 1. The van der Waals surface area contributed by atoms with E-state index in [9.17, 15) is 22.3 Å². The van der Waals surface area contributed by atoms with E-state index in [1.165, 1.54) is 0 Å². The summed E-state index contributed by atoms with van der Waals surface area (Å²) in [4.78, 5) is 11.2. The second-order valence-electron chi connectivity index (χ2n) is 1.50. The molecule has 0 amide bonds. The van der Waals surface area contributed by atoms with Crippen LogP contribution < -0.4 is 0 Å². The van der Waals surface area contributed by atoms with Crippen molar-refractivity contribution in [1.29, 1.82) is 0 Å². The molecule has 0 rings (SSSR count). The van der Waals surface area contributed by atoms with Crippen LogP contribution in [0.5, 0.6) is 0 Å². The summed E-state index contributed by atoms with van der Waals surface area (Å²) in [5, 5.41) is 0. The lowest BCUT2D eigenvalue weighted by Gasteiger charge is -2.03. The molecule has 0 aliphatic heterocycles. The Labute approximate surface area is 69.0 Å². The van der Waals surface area contributed by atoms with E-state index in [2.05, 4.69) is 14.3 Å². The Kier molecular flexibility index (Phi) is 4.92. The molecule has 78 valence electrons. The quantitative estimate of drug-likeness (QED) is 0.255. The van der Waals surface area contributed by atoms with Crippen molar-refractivity contribution >= 4 is 7.82 Å². The molecule has 0 bridgehead atoms. The van der Waals surface area contributed by atoms with Gasteiger partial charge in [-0.1, -0.05) is 9.40 Å². The van der Waals surface area contributed by atoms with Crippen molar-refractivity contribution in [1.82, 2.24) is 0 Å². The van der Waals surface area contributed by atoms with Crippen LogP contribution in [-0.2, 0) is 18.9 Å². The molecule has 5 nitrogen and oxygen atoms in total. The molecule has 1 atom stereocenters. The van der Waals surface area contributed by atoms with Gasteiger partial charge in [-0.15, -0.1) is 0 Å². The number of hydrogen-bond donors (Lipinski definition) is 1. The van der Waals surface area contributed by atoms with Crippen molar-refractivity contribution in [2.45, 2.75) is 6.43 Å². The van der Waals surface area contributed by atoms with Gasteiger partial charge in [0.15, 0.2) is 0 Å². The maximum Gasteiger partial charge on any atom is 0.539 e. The number of alkyl halides is 2. The third-order valence-corrected chi connectivity index (χ3v) is 0.993. The Morgan fingerprint density at radius 3 is 2.46 bits per heavy atom. The van der Waals surface area contributed by atoms with Gasteiger partial charge >= 0.3 is 13.8 Å². The summed E-state index contributed by atoms with van der Waals surface area (Å²) in [6.45, 7) is 0. The van der Waals surface area contributed by atoms with Gasteiger partial charge in [0.25, 0.3) is 6.43 Å². The van der Waals surface area contributed by atoms with Crippen LogP contribution in [0.15, 0.2) is 12.1 Å². The molecule has 0 aromatic carbocycles. The highest BCUT2D eigenvalue weighted by molar-refractivity contribution is 7.47. The normalized spacial score (nSPS) is 17.2. The second kappa shape index (κ2) is 5.18. The Bertz CT molecular complexity index is 230. The third kappa shape index (κ3) is 6.52. The first kappa shape index (κ1) is 12.4. The highest BCUT2D eigenvalue weighted by atomic mass is 31.2. The lowest BCUT2D eigenvalue weighted by molar-refractivity contribution is -0.223. The molecule has 13 heavy (non-hydrogen) atoms. The number of rotatable bonds is 5. The van der Waals surface area contributed by atoms with Gasteiger partial charge in [0.05, 0.1) is 6.08 Å². The molecule has 0 saturated carbocycles. The van der Waals surface area contributed by atoms with Crippen LogP contribution in [0, 0.1) is 0 Å². The fourth-order valence-electron chi connectivity index (χ4n) is 0.221. The zero-order valence-corrected chi connectivity index (χ0v) is 6.59. The third-order valence-electron chi connectivity index (χ3n) is 0.555. The predicted molar refractivity (Wildman–Crippen MR) is 29.4 cm³/mol. The minimum atomic E-state index is -5.19. The van der Waals surface area contributed by atoms with E-state index in [0.29, 0.717) is 0 Å². The van der Waals surface area contributed by atoms with Gasteiger partial charge in [0, 0.05) is 0 Å². The summed E-state index contributed by atoms with van der Waals surface area (Å²) in [6.07, 6.45) is -3.56. The van der Waals surface area contributed by atoms with Gasteiger partial charge < -0.3 is 0 Å². The largest absolute Gasteiger partial charge is 0.539 e. The topological polar surface area (TPSA) is 65.0 Å². The molecule has 1 N–H and O–H groups in total. The van der Waals surface area contributed by atoms with Gasteiger partial charge in [-0.05, 0) is 4.53 Å². The summed E-state index contributed by atoms with van der Waals surface area (Å²) in [5.41, 5.74) is 0. The molecule has 0 heterocycles. The van der Waals surface area contributed by atoms with E-state index >= 15 is 0 Å². The van der Waals surface area contributed by atoms with Crippen LogP contribution in [0.25, 0.3) is 0 Å². The van der Waals surface area contributed by atoms with E-state index < -0.39 is 20.3 Å². The lowest BCUT2D eigenvalue weighted by atomic mass is 10.6. The van der Waals surface area contributed by atoms with Crippen molar-refractivity contribution in [3.8, 4) is 0 Å². The summed E-state index contributed by atoms with van der Waals surface area (Å²) >= 11 is 0. The summed E-state index contributed by atoms with van der Waals surface area (Å²) < 4.78 is 60.9. The Balaban J connectivity index is 3.97. The molecule has 0 aromatic rings. The van der Waals surface area contributed by atoms with Crippen LogP contribution in [0.4, 0.5) is 17.7 Å². The number of halogens is 4. The highest BCUT2D eigenvalue weighted by Crippen LogP contribution is 2.44. The standard InChI is InChI=1S/C3H3F4O5P/c4-2(5)1-3(6)10-12-13(8,9)11-7/h1-2H,(H,8,9). The molecule has 1 unspecified atom stereocenters. The minimum Gasteiger partial charge on any atom is -0.299 e. The first-order chi connectivity index (χ1) is 5.87. The second-order valence-corrected chi connectivity index (χ2v) is 2.72. The van der Waals surface area contributed by atoms with E-state index in [0.717, 1.165) is 0 Å². The predicted octanol–water partition coefficient (Wildman–Crippen LogP) is 2.01.